The maximum Gasteiger partial charge on any atom is 0.217 e. The summed E-state index contributed by atoms with van der Waals surface area (Å²) in [4.78, 5) is 14.4. The molecular weight excluding hydrogens is 296 g/mol. The van der Waals surface area contributed by atoms with Gasteiger partial charge in [-0.25, -0.2) is 0 Å². The topological polar surface area (TPSA) is 32.3 Å². The molecule has 1 saturated heterocycles. The van der Waals surface area contributed by atoms with Crippen LogP contribution in [0.5, 0.6) is 0 Å². The fourth-order valence-electron chi connectivity index (χ4n) is 4.27. The molecule has 3 rings (SSSR count). The first kappa shape index (κ1) is 16.7. The molecule has 1 aliphatic rings. The van der Waals surface area contributed by atoms with Gasteiger partial charge in [-0.1, -0.05) is 67.6 Å². The van der Waals surface area contributed by atoms with E-state index in [0.717, 1.165) is 13.0 Å². The highest BCUT2D eigenvalue weighted by molar-refractivity contribution is 5.74. The zero-order valence-electron chi connectivity index (χ0n) is 14.7. The Kier molecular flexibility index (Phi) is 4.72. The van der Waals surface area contributed by atoms with Crippen molar-refractivity contribution in [2.45, 2.75) is 31.8 Å². The molecule has 0 aliphatic carbocycles. The Balaban J connectivity index is 2.07. The molecule has 0 unspecified atom stereocenters. The average Bonchev–Trinajstić information content (AvgIpc) is 2.59. The molecule has 24 heavy (non-hydrogen) atoms. The molecule has 0 aromatic heterocycles. The van der Waals surface area contributed by atoms with E-state index in [4.69, 9.17) is 0 Å². The van der Waals surface area contributed by atoms with Crippen LogP contribution in [0.25, 0.3) is 0 Å². The maximum absolute atomic E-state index is 12.0. The fraction of sp³-hybridized carbons (Fsp3) is 0.381. The van der Waals surface area contributed by atoms with Gasteiger partial charge >= 0.3 is 0 Å². The van der Waals surface area contributed by atoms with Gasteiger partial charge in [0.15, 0.2) is 0 Å². The number of hydrogen-bond donors (Lipinski definition) is 1. The first-order valence-corrected chi connectivity index (χ1v) is 8.64. The summed E-state index contributed by atoms with van der Waals surface area (Å²) in [7, 11) is 2.18. The second-order valence-corrected chi connectivity index (χ2v) is 6.89. The van der Waals surface area contributed by atoms with Gasteiger partial charge in [0, 0.05) is 25.4 Å². The predicted octanol–water partition coefficient (Wildman–Crippen LogP) is 3.73. The first-order valence-electron chi connectivity index (χ1n) is 8.64. The molecule has 1 heterocycles. The lowest BCUT2D eigenvalue weighted by molar-refractivity contribution is -0.123. The Morgan fingerprint density at radius 1 is 1.08 bits per heavy atom. The Morgan fingerprint density at radius 3 is 2.25 bits per heavy atom. The van der Waals surface area contributed by atoms with Crippen molar-refractivity contribution in [2.24, 2.45) is 5.92 Å². The number of hydrogen-bond acceptors (Lipinski definition) is 2. The maximum atomic E-state index is 12.0. The van der Waals surface area contributed by atoms with Crippen molar-refractivity contribution >= 4 is 5.91 Å². The van der Waals surface area contributed by atoms with Crippen molar-refractivity contribution in [1.29, 1.82) is 0 Å². The van der Waals surface area contributed by atoms with Gasteiger partial charge in [0.25, 0.3) is 0 Å². The highest BCUT2D eigenvalue weighted by atomic mass is 16.1. The van der Waals surface area contributed by atoms with Gasteiger partial charge in [-0.2, -0.15) is 0 Å². The van der Waals surface area contributed by atoms with E-state index in [1.165, 1.54) is 11.1 Å². The number of carbonyl (C=O) groups excluding carboxylic acids is 1. The molecule has 3 heteroatoms. The van der Waals surface area contributed by atoms with Crippen LogP contribution in [-0.2, 0) is 10.3 Å². The summed E-state index contributed by atoms with van der Waals surface area (Å²) in [6, 6.07) is 21.3. The van der Waals surface area contributed by atoms with Gasteiger partial charge in [0.2, 0.25) is 5.91 Å². The van der Waals surface area contributed by atoms with Crippen LogP contribution in [0, 0.1) is 5.92 Å². The molecule has 1 N–H and O–H groups in total. The number of carbonyl (C=O) groups is 1. The first-order chi connectivity index (χ1) is 11.5. The predicted molar refractivity (Wildman–Crippen MR) is 97.5 cm³/mol. The van der Waals surface area contributed by atoms with Gasteiger partial charge in [0.05, 0.1) is 5.54 Å². The third kappa shape index (κ3) is 2.96. The zero-order valence-corrected chi connectivity index (χ0v) is 14.7. The van der Waals surface area contributed by atoms with E-state index in [-0.39, 0.29) is 23.4 Å². The largest absolute Gasteiger partial charge is 0.346 e. The molecule has 0 bridgehead atoms. The standard InChI is InChI=1S/C21H26N2O/c1-16-20(18-10-6-4-7-11-18)23(3)15-14-21(16,22-17(2)24)19-12-8-5-9-13-19/h4-13,16,20H,14-15H2,1-3H3,(H,22,24)/t16-,20-,21-/m0/s1. The van der Waals surface area contributed by atoms with Crippen LogP contribution >= 0.6 is 0 Å². The molecule has 2 aromatic carbocycles. The second kappa shape index (κ2) is 6.78. The van der Waals surface area contributed by atoms with E-state index in [1.807, 2.05) is 6.07 Å². The smallest absolute Gasteiger partial charge is 0.217 e. The minimum absolute atomic E-state index is 0.0297. The van der Waals surface area contributed by atoms with Gasteiger partial charge in [-0.15, -0.1) is 0 Å². The van der Waals surface area contributed by atoms with Crippen molar-refractivity contribution in [1.82, 2.24) is 10.2 Å². The van der Waals surface area contributed by atoms with Crippen LogP contribution < -0.4 is 5.32 Å². The lowest BCUT2D eigenvalue weighted by atomic mass is 9.68. The molecule has 0 radical (unpaired) electrons. The van der Waals surface area contributed by atoms with E-state index < -0.39 is 0 Å². The Labute approximate surface area is 144 Å². The number of likely N-dealkylation sites (tertiary alicyclic amines) is 1. The highest BCUT2D eigenvalue weighted by Crippen LogP contribution is 2.46. The van der Waals surface area contributed by atoms with Crippen molar-refractivity contribution in [2.75, 3.05) is 13.6 Å². The fourth-order valence-corrected chi connectivity index (χ4v) is 4.27. The molecule has 1 amide bonds. The van der Waals surface area contributed by atoms with Crippen molar-refractivity contribution in [3.63, 3.8) is 0 Å². The third-order valence-electron chi connectivity index (χ3n) is 5.41. The van der Waals surface area contributed by atoms with Crippen molar-refractivity contribution < 1.29 is 4.79 Å². The number of nitrogens with zero attached hydrogens (tertiary/aromatic N) is 1. The Bertz CT molecular complexity index is 685. The quantitative estimate of drug-likeness (QED) is 0.934. The van der Waals surface area contributed by atoms with E-state index in [1.54, 1.807) is 6.92 Å². The summed E-state index contributed by atoms with van der Waals surface area (Å²) in [6.45, 7) is 4.82. The average molecular weight is 322 g/mol. The molecule has 0 saturated carbocycles. The van der Waals surface area contributed by atoms with Crippen LogP contribution in [0.1, 0.15) is 37.4 Å². The summed E-state index contributed by atoms with van der Waals surface area (Å²) in [5, 5.41) is 3.32. The molecule has 1 aliphatic heterocycles. The molecular formula is C21H26N2O. The summed E-state index contributed by atoms with van der Waals surface area (Å²) >= 11 is 0. The molecule has 3 nitrogen and oxygen atoms in total. The SMILES string of the molecule is CC(=O)N[C@@]1(c2ccccc2)CCN(C)[C@H](c2ccccc2)[C@@H]1C. The third-order valence-corrected chi connectivity index (χ3v) is 5.41. The molecule has 1 fully saturated rings. The number of amides is 1. The molecule has 0 spiro atoms. The van der Waals surface area contributed by atoms with Gasteiger partial charge in [-0.3, -0.25) is 9.69 Å². The number of piperidine rings is 1. The van der Waals surface area contributed by atoms with Crippen LogP contribution in [0.15, 0.2) is 60.7 Å². The lowest BCUT2D eigenvalue weighted by Gasteiger charge is -2.51. The van der Waals surface area contributed by atoms with E-state index in [9.17, 15) is 4.79 Å². The van der Waals surface area contributed by atoms with Crippen LogP contribution in [0.2, 0.25) is 0 Å². The summed E-state index contributed by atoms with van der Waals surface area (Å²) in [5.41, 5.74) is 2.17. The van der Waals surface area contributed by atoms with Gasteiger partial charge in [0.1, 0.15) is 0 Å². The molecule has 3 atom stereocenters. The van der Waals surface area contributed by atoms with Crippen molar-refractivity contribution in [3.05, 3.63) is 71.8 Å². The van der Waals surface area contributed by atoms with Gasteiger partial charge in [-0.05, 0) is 24.6 Å². The number of nitrogens with one attached hydrogen (secondary N) is 1. The molecule has 126 valence electrons. The zero-order chi connectivity index (χ0) is 17.2. The highest BCUT2D eigenvalue weighted by Gasteiger charge is 2.47. The van der Waals surface area contributed by atoms with E-state index >= 15 is 0 Å². The minimum atomic E-state index is -0.333. The Hall–Kier alpha value is -2.13. The normalized spacial score (nSPS) is 27.6. The van der Waals surface area contributed by atoms with Crippen LogP contribution in [0.4, 0.5) is 0 Å². The second-order valence-electron chi connectivity index (χ2n) is 6.89. The number of rotatable bonds is 3. The monoisotopic (exact) mass is 322 g/mol. The number of benzene rings is 2. The van der Waals surface area contributed by atoms with Gasteiger partial charge < -0.3 is 5.32 Å². The lowest BCUT2D eigenvalue weighted by Crippen LogP contribution is -2.58. The van der Waals surface area contributed by atoms with E-state index in [0.29, 0.717) is 0 Å². The van der Waals surface area contributed by atoms with Crippen molar-refractivity contribution in [3.8, 4) is 0 Å². The van der Waals surface area contributed by atoms with Crippen LogP contribution in [-0.4, -0.2) is 24.4 Å². The minimum Gasteiger partial charge on any atom is -0.346 e. The Morgan fingerprint density at radius 2 is 1.67 bits per heavy atom. The summed E-state index contributed by atoms with van der Waals surface area (Å²) in [6.07, 6.45) is 0.914. The molecule has 2 aromatic rings. The van der Waals surface area contributed by atoms with Crippen LogP contribution in [0.3, 0.4) is 0 Å². The summed E-state index contributed by atoms with van der Waals surface area (Å²) in [5.74, 6) is 0.284. The summed E-state index contributed by atoms with van der Waals surface area (Å²) < 4.78 is 0. The van der Waals surface area contributed by atoms with E-state index in [2.05, 4.69) is 78.8 Å².